The van der Waals surface area contributed by atoms with E-state index < -0.39 is 0 Å². The van der Waals surface area contributed by atoms with Crippen LogP contribution in [0.3, 0.4) is 0 Å². The number of nitrogens with one attached hydrogen (secondary N) is 1. The van der Waals surface area contributed by atoms with Crippen LogP contribution in [-0.2, 0) is 9.59 Å². The molecule has 2 aliphatic rings. The number of fused-ring (bicyclic) bond motifs is 1. The van der Waals surface area contributed by atoms with Crippen molar-refractivity contribution in [2.45, 2.75) is 31.9 Å². The molecular weight excluding hydrogens is 322 g/mol. The molecule has 0 aromatic heterocycles. The molecule has 3 N–H and O–H groups in total. The number of nitrogens with zero attached hydrogens (tertiary/aromatic N) is 1. The predicted octanol–water partition coefficient (Wildman–Crippen LogP) is 0.528. The Bertz CT molecular complexity index is 629. The minimum Gasteiger partial charge on any atom is -0.486 e. The molecule has 0 unspecified atom stereocenters. The Balaban J connectivity index is 1.44. The smallest absolute Gasteiger partial charge is 0.237 e. The minimum absolute atomic E-state index is 0.0417. The molecule has 7 heteroatoms. The number of nitrogens with two attached hydrogens (primary N) is 1. The molecule has 3 rings (SSSR count). The number of primary amides is 1. The molecule has 2 heterocycles. The van der Waals surface area contributed by atoms with Crippen LogP contribution in [0, 0.1) is 5.92 Å². The first-order valence-corrected chi connectivity index (χ1v) is 8.74. The fourth-order valence-corrected chi connectivity index (χ4v) is 3.26. The molecule has 1 fully saturated rings. The van der Waals surface area contributed by atoms with Gasteiger partial charge in [0.1, 0.15) is 12.7 Å². The van der Waals surface area contributed by atoms with Gasteiger partial charge in [-0.3, -0.25) is 14.5 Å². The van der Waals surface area contributed by atoms with Crippen molar-refractivity contribution in [1.82, 2.24) is 10.2 Å². The molecule has 25 heavy (non-hydrogen) atoms. The molecular formula is C18H25N3O4. The lowest BCUT2D eigenvalue weighted by Crippen LogP contribution is -2.51. The number of para-hydroxylation sites is 2. The van der Waals surface area contributed by atoms with E-state index in [2.05, 4.69) is 10.2 Å². The number of benzene rings is 1. The quantitative estimate of drug-likeness (QED) is 0.810. The number of amides is 2. The van der Waals surface area contributed by atoms with Gasteiger partial charge in [-0.05, 0) is 45.0 Å². The lowest BCUT2D eigenvalue weighted by Gasteiger charge is -2.34. The lowest BCUT2D eigenvalue weighted by atomic mass is 9.95. The average molecular weight is 347 g/mol. The summed E-state index contributed by atoms with van der Waals surface area (Å²) in [6.07, 6.45) is 1.22. The predicted molar refractivity (Wildman–Crippen MR) is 92.3 cm³/mol. The van der Waals surface area contributed by atoms with Crippen LogP contribution in [0.1, 0.15) is 19.8 Å². The van der Waals surface area contributed by atoms with Crippen LogP contribution in [0.5, 0.6) is 11.5 Å². The van der Waals surface area contributed by atoms with Crippen LogP contribution in [0.25, 0.3) is 0 Å². The first-order valence-electron chi connectivity index (χ1n) is 8.74. The summed E-state index contributed by atoms with van der Waals surface area (Å²) in [5.41, 5.74) is 5.35. The first kappa shape index (κ1) is 17.5. The van der Waals surface area contributed by atoms with Crippen molar-refractivity contribution in [3.8, 4) is 11.5 Å². The highest BCUT2D eigenvalue weighted by Crippen LogP contribution is 2.30. The molecule has 7 nitrogen and oxygen atoms in total. The van der Waals surface area contributed by atoms with Crippen molar-refractivity contribution in [3.63, 3.8) is 0 Å². The number of ether oxygens (including phenoxy) is 2. The van der Waals surface area contributed by atoms with Gasteiger partial charge in [0.25, 0.3) is 0 Å². The van der Waals surface area contributed by atoms with E-state index in [0.717, 1.165) is 5.75 Å². The van der Waals surface area contributed by atoms with Gasteiger partial charge in [-0.15, -0.1) is 0 Å². The molecule has 0 bridgehead atoms. The number of rotatable bonds is 5. The molecule has 2 aliphatic heterocycles. The maximum Gasteiger partial charge on any atom is 0.237 e. The van der Waals surface area contributed by atoms with E-state index in [1.165, 1.54) is 0 Å². The second-order valence-electron chi connectivity index (χ2n) is 6.63. The van der Waals surface area contributed by atoms with Gasteiger partial charge in [0.2, 0.25) is 11.8 Å². The fourth-order valence-electron chi connectivity index (χ4n) is 3.26. The molecule has 2 amide bonds. The summed E-state index contributed by atoms with van der Waals surface area (Å²) >= 11 is 0. The molecule has 1 saturated heterocycles. The van der Waals surface area contributed by atoms with Crippen LogP contribution in [0.4, 0.5) is 0 Å². The van der Waals surface area contributed by atoms with E-state index in [1.807, 2.05) is 31.2 Å². The number of hydrogen-bond donors (Lipinski definition) is 2. The summed E-state index contributed by atoms with van der Waals surface area (Å²) in [5.74, 6) is 1.08. The van der Waals surface area contributed by atoms with Gasteiger partial charge in [0.05, 0.1) is 12.6 Å². The molecule has 136 valence electrons. The van der Waals surface area contributed by atoms with Crippen molar-refractivity contribution in [2.75, 3.05) is 26.2 Å². The van der Waals surface area contributed by atoms with Gasteiger partial charge >= 0.3 is 0 Å². The van der Waals surface area contributed by atoms with Crippen molar-refractivity contribution in [1.29, 1.82) is 0 Å². The zero-order chi connectivity index (χ0) is 17.8. The van der Waals surface area contributed by atoms with E-state index in [9.17, 15) is 9.59 Å². The third kappa shape index (κ3) is 4.22. The minimum atomic E-state index is -0.245. The van der Waals surface area contributed by atoms with Crippen molar-refractivity contribution in [2.24, 2.45) is 11.7 Å². The summed E-state index contributed by atoms with van der Waals surface area (Å²) in [6, 6.07) is 7.26. The Kier molecular flexibility index (Phi) is 5.43. The molecule has 0 saturated carbocycles. The zero-order valence-electron chi connectivity index (χ0n) is 14.4. The zero-order valence-corrected chi connectivity index (χ0v) is 14.4. The standard InChI is InChI=1S/C18H25N3O4/c1-12(21-8-6-13(7-9-21)17(19)22)18(23)20-10-14-11-24-15-4-2-3-5-16(15)25-14/h2-5,12-14H,6-11H2,1H3,(H2,19,22)(H,20,23)/t12-,14+/m0/s1. The first-order chi connectivity index (χ1) is 12.0. The van der Waals surface area contributed by atoms with Crippen molar-refractivity contribution < 1.29 is 19.1 Å². The molecule has 2 atom stereocenters. The Morgan fingerprint density at radius 2 is 1.96 bits per heavy atom. The van der Waals surface area contributed by atoms with Gasteiger partial charge in [-0.1, -0.05) is 12.1 Å². The highest BCUT2D eigenvalue weighted by atomic mass is 16.6. The summed E-state index contributed by atoms with van der Waals surface area (Å²) in [7, 11) is 0. The van der Waals surface area contributed by atoms with Crippen LogP contribution in [0.2, 0.25) is 0 Å². The number of carbonyl (C=O) groups is 2. The normalized spacial score (nSPS) is 22.2. The molecule has 1 aromatic rings. The maximum absolute atomic E-state index is 12.4. The Morgan fingerprint density at radius 3 is 2.64 bits per heavy atom. The lowest BCUT2D eigenvalue weighted by molar-refractivity contribution is -0.127. The van der Waals surface area contributed by atoms with Crippen molar-refractivity contribution in [3.05, 3.63) is 24.3 Å². The third-order valence-corrected chi connectivity index (χ3v) is 4.93. The van der Waals surface area contributed by atoms with Crippen LogP contribution in [-0.4, -0.2) is 55.1 Å². The van der Waals surface area contributed by atoms with Gasteiger partial charge in [0.15, 0.2) is 11.5 Å². The molecule has 0 aliphatic carbocycles. The summed E-state index contributed by atoms with van der Waals surface area (Å²) < 4.78 is 11.5. The highest BCUT2D eigenvalue weighted by Gasteiger charge is 2.29. The maximum atomic E-state index is 12.4. The number of hydrogen-bond acceptors (Lipinski definition) is 5. The molecule has 0 radical (unpaired) electrons. The van der Waals surface area contributed by atoms with Crippen LogP contribution >= 0.6 is 0 Å². The van der Waals surface area contributed by atoms with E-state index in [4.69, 9.17) is 15.2 Å². The highest BCUT2D eigenvalue weighted by molar-refractivity contribution is 5.81. The van der Waals surface area contributed by atoms with Crippen LogP contribution < -0.4 is 20.5 Å². The van der Waals surface area contributed by atoms with E-state index in [1.54, 1.807) is 0 Å². The summed E-state index contributed by atoms with van der Waals surface area (Å²) in [4.78, 5) is 25.7. The van der Waals surface area contributed by atoms with Crippen LogP contribution in [0.15, 0.2) is 24.3 Å². The molecule has 0 spiro atoms. The Labute approximate surface area is 147 Å². The average Bonchev–Trinajstić information content (AvgIpc) is 2.65. The van der Waals surface area contributed by atoms with E-state index >= 15 is 0 Å². The largest absolute Gasteiger partial charge is 0.486 e. The Hall–Kier alpha value is -2.28. The van der Waals surface area contributed by atoms with Crippen molar-refractivity contribution >= 4 is 11.8 Å². The number of piperidine rings is 1. The van der Waals surface area contributed by atoms with E-state index in [-0.39, 0.29) is 29.9 Å². The van der Waals surface area contributed by atoms with Gasteiger partial charge in [0, 0.05) is 5.92 Å². The van der Waals surface area contributed by atoms with Gasteiger partial charge in [-0.2, -0.15) is 0 Å². The number of likely N-dealkylation sites (tertiary alicyclic amines) is 1. The monoisotopic (exact) mass is 347 g/mol. The number of carbonyl (C=O) groups excluding carboxylic acids is 2. The Morgan fingerprint density at radius 1 is 1.28 bits per heavy atom. The summed E-state index contributed by atoms with van der Waals surface area (Å²) in [6.45, 7) is 4.11. The topological polar surface area (TPSA) is 93.9 Å². The van der Waals surface area contributed by atoms with Gasteiger partial charge < -0.3 is 20.5 Å². The van der Waals surface area contributed by atoms with E-state index in [0.29, 0.717) is 44.8 Å². The second-order valence-corrected chi connectivity index (χ2v) is 6.63. The second kappa shape index (κ2) is 7.74. The SMILES string of the molecule is C[C@@H](C(=O)NC[C@@H]1COc2ccccc2O1)N1CCC(C(N)=O)CC1. The van der Waals surface area contributed by atoms with Gasteiger partial charge in [-0.25, -0.2) is 0 Å². The molecule has 1 aromatic carbocycles. The third-order valence-electron chi connectivity index (χ3n) is 4.93. The fraction of sp³-hybridized carbons (Fsp3) is 0.556. The summed E-state index contributed by atoms with van der Waals surface area (Å²) in [5, 5.41) is 2.94.